The van der Waals surface area contributed by atoms with Crippen LogP contribution in [0.3, 0.4) is 0 Å². The van der Waals surface area contributed by atoms with Crippen LogP contribution >= 0.6 is 0 Å². The van der Waals surface area contributed by atoms with E-state index in [0.29, 0.717) is 12.2 Å². The molecule has 30 heavy (non-hydrogen) atoms. The highest BCUT2D eigenvalue weighted by Gasteiger charge is 2.15. The van der Waals surface area contributed by atoms with Gasteiger partial charge in [-0.3, -0.25) is 9.69 Å². The predicted molar refractivity (Wildman–Crippen MR) is 122 cm³/mol. The molecule has 1 aromatic heterocycles. The van der Waals surface area contributed by atoms with Gasteiger partial charge < -0.3 is 14.2 Å². The first-order chi connectivity index (χ1) is 14.6. The van der Waals surface area contributed by atoms with Gasteiger partial charge in [0.15, 0.2) is 5.78 Å². The summed E-state index contributed by atoms with van der Waals surface area (Å²) in [5.41, 5.74) is 2.93. The molecule has 5 nitrogen and oxygen atoms in total. The second-order valence-corrected chi connectivity index (χ2v) is 7.79. The highest BCUT2D eigenvalue weighted by atomic mass is 16.5. The second-order valence-electron chi connectivity index (χ2n) is 7.79. The third kappa shape index (κ3) is 4.64. The largest absolute Gasteiger partial charge is 0.494 e. The Hall–Kier alpha value is -2.89. The highest BCUT2D eigenvalue weighted by molar-refractivity contribution is 6.07. The van der Waals surface area contributed by atoms with Crippen LogP contribution in [0, 0.1) is 0 Å². The first-order valence-electron chi connectivity index (χ1n) is 10.6. The summed E-state index contributed by atoms with van der Waals surface area (Å²) in [6, 6.07) is 15.7. The van der Waals surface area contributed by atoms with Crippen molar-refractivity contribution in [2.24, 2.45) is 0 Å². The van der Waals surface area contributed by atoms with Gasteiger partial charge >= 0.3 is 0 Å². The van der Waals surface area contributed by atoms with E-state index in [2.05, 4.69) is 45.8 Å². The molecule has 2 heterocycles. The standard InChI is InChI=1S/C25H29N3O2/c1-3-30-22-11-8-20(9-12-22)25(29)13-10-21-18-28(24-7-5-4-6-23(21)24)19-27-16-14-26(2)15-17-27/h4-13,18H,3,14-17,19H2,1-2H3/b13-10+. The molecule has 5 heteroatoms. The van der Waals surface area contributed by atoms with Gasteiger partial charge in [0.05, 0.1) is 13.3 Å². The lowest BCUT2D eigenvalue weighted by atomic mass is 10.1. The lowest BCUT2D eigenvalue weighted by molar-refractivity contribution is 0.104. The van der Waals surface area contributed by atoms with E-state index in [1.54, 1.807) is 6.08 Å². The Balaban J connectivity index is 1.53. The van der Waals surface area contributed by atoms with Crippen molar-refractivity contribution in [3.8, 4) is 5.75 Å². The van der Waals surface area contributed by atoms with E-state index >= 15 is 0 Å². The number of likely N-dealkylation sites (N-methyl/N-ethyl adjacent to an activating group) is 1. The molecule has 0 N–H and O–H groups in total. The van der Waals surface area contributed by atoms with Crippen molar-refractivity contribution < 1.29 is 9.53 Å². The Kier molecular flexibility index (Phi) is 6.31. The molecule has 0 bridgehead atoms. The van der Waals surface area contributed by atoms with Crippen LogP contribution < -0.4 is 4.74 Å². The zero-order chi connectivity index (χ0) is 20.9. The molecule has 0 atom stereocenters. The number of rotatable bonds is 7. The monoisotopic (exact) mass is 403 g/mol. The summed E-state index contributed by atoms with van der Waals surface area (Å²) >= 11 is 0. The molecular formula is C25H29N3O2. The van der Waals surface area contributed by atoms with Crippen molar-refractivity contribution >= 4 is 22.8 Å². The van der Waals surface area contributed by atoms with Crippen LogP contribution in [0.4, 0.5) is 0 Å². The van der Waals surface area contributed by atoms with Crippen LogP contribution in [0.25, 0.3) is 17.0 Å². The summed E-state index contributed by atoms with van der Waals surface area (Å²) in [6.07, 6.45) is 5.75. The first kappa shape index (κ1) is 20.4. The third-order valence-electron chi connectivity index (χ3n) is 5.63. The van der Waals surface area contributed by atoms with Crippen LogP contribution in [-0.4, -0.2) is 60.0 Å². The topological polar surface area (TPSA) is 37.7 Å². The number of hydrogen-bond acceptors (Lipinski definition) is 4. The van der Waals surface area contributed by atoms with E-state index < -0.39 is 0 Å². The van der Waals surface area contributed by atoms with Crippen molar-refractivity contribution in [3.63, 3.8) is 0 Å². The van der Waals surface area contributed by atoms with E-state index in [0.717, 1.165) is 44.2 Å². The molecular weight excluding hydrogens is 374 g/mol. The van der Waals surface area contributed by atoms with Crippen molar-refractivity contribution in [3.05, 3.63) is 71.9 Å². The minimum atomic E-state index is -0.00560. The summed E-state index contributed by atoms with van der Waals surface area (Å²) in [5, 5.41) is 1.17. The molecule has 0 spiro atoms. The lowest BCUT2D eigenvalue weighted by Crippen LogP contribution is -2.44. The molecule has 1 aliphatic heterocycles. The molecule has 0 radical (unpaired) electrons. The maximum absolute atomic E-state index is 12.6. The number of benzene rings is 2. The van der Waals surface area contributed by atoms with Gasteiger partial charge in [-0.05, 0) is 56.5 Å². The second kappa shape index (κ2) is 9.28. The number of piperazine rings is 1. The lowest BCUT2D eigenvalue weighted by Gasteiger charge is -2.32. The summed E-state index contributed by atoms with van der Waals surface area (Å²) < 4.78 is 7.74. The predicted octanol–water partition coefficient (Wildman–Crippen LogP) is 4.14. The Bertz CT molecular complexity index is 1030. The molecule has 1 fully saturated rings. The zero-order valence-electron chi connectivity index (χ0n) is 17.8. The molecule has 0 aliphatic carbocycles. The summed E-state index contributed by atoms with van der Waals surface area (Å²) in [5.74, 6) is 0.777. The quantitative estimate of drug-likeness (QED) is 0.439. The molecule has 156 valence electrons. The smallest absolute Gasteiger partial charge is 0.185 e. The Labute approximate surface area is 178 Å². The Morgan fingerprint density at radius 2 is 1.77 bits per heavy atom. The van der Waals surface area contributed by atoms with E-state index in [-0.39, 0.29) is 5.78 Å². The van der Waals surface area contributed by atoms with Crippen molar-refractivity contribution in [2.75, 3.05) is 39.8 Å². The number of carbonyl (C=O) groups excluding carboxylic acids is 1. The number of carbonyl (C=O) groups is 1. The van der Waals surface area contributed by atoms with Crippen molar-refractivity contribution in [1.82, 2.24) is 14.4 Å². The average Bonchev–Trinajstić information content (AvgIpc) is 3.12. The van der Waals surface area contributed by atoms with Gasteiger partial charge in [0.2, 0.25) is 0 Å². The van der Waals surface area contributed by atoms with E-state index in [4.69, 9.17) is 4.74 Å². The maximum atomic E-state index is 12.6. The molecule has 1 saturated heterocycles. The fraction of sp³-hybridized carbons (Fsp3) is 0.320. The molecule has 3 aromatic rings. The number of aromatic nitrogens is 1. The van der Waals surface area contributed by atoms with Crippen molar-refractivity contribution in [1.29, 1.82) is 0 Å². The minimum Gasteiger partial charge on any atom is -0.494 e. The van der Waals surface area contributed by atoms with Gasteiger partial charge in [-0.1, -0.05) is 18.2 Å². The van der Waals surface area contributed by atoms with Gasteiger partial charge in [0.1, 0.15) is 5.75 Å². The first-order valence-corrected chi connectivity index (χ1v) is 10.6. The van der Waals surface area contributed by atoms with Crippen LogP contribution in [0.1, 0.15) is 22.8 Å². The van der Waals surface area contributed by atoms with Crippen LogP contribution in [0.15, 0.2) is 60.8 Å². The minimum absolute atomic E-state index is 0.00560. The van der Waals surface area contributed by atoms with E-state index in [1.165, 1.54) is 10.9 Å². The normalized spacial score (nSPS) is 15.8. The zero-order valence-corrected chi connectivity index (χ0v) is 17.8. The number of fused-ring (bicyclic) bond motifs is 1. The van der Waals surface area contributed by atoms with Crippen LogP contribution in [-0.2, 0) is 6.67 Å². The highest BCUT2D eigenvalue weighted by Crippen LogP contribution is 2.23. The number of nitrogens with zero attached hydrogens (tertiary/aromatic N) is 3. The van der Waals surface area contributed by atoms with Gasteiger partial charge in [-0.15, -0.1) is 0 Å². The van der Waals surface area contributed by atoms with Gasteiger partial charge in [0, 0.05) is 54.4 Å². The number of hydrogen-bond donors (Lipinski definition) is 0. The maximum Gasteiger partial charge on any atom is 0.185 e. The number of allylic oxidation sites excluding steroid dienone is 1. The van der Waals surface area contributed by atoms with Gasteiger partial charge in [-0.2, -0.15) is 0 Å². The van der Waals surface area contributed by atoms with Crippen LogP contribution in [0.2, 0.25) is 0 Å². The summed E-state index contributed by atoms with van der Waals surface area (Å²) in [7, 11) is 2.17. The van der Waals surface area contributed by atoms with E-state index in [9.17, 15) is 4.79 Å². The summed E-state index contributed by atoms with van der Waals surface area (Å²) in [6.45, 7) is 7.78. The SMILES string of the molecule is CCOc1ccc(C(=O)/C=C/c2cn(CN3CCN(C)CC3)c3ccccc23)cc1. The third-order valence-corrected chi connectivity index (χ3v) is 5.63. The molecule has 1 aliphatic rings. The molecule has 4 rings (SSSR count). The van der Waals surface area contributed by atoms with Crippen LogP contribution in [0.5, 0.6) is 5.75 Å². The van der Waals surface area contributed by atoms with Gasteiger partial charge in [-0.25, -0.2) is 0 Å². The molecule has 0 saturated carbocycles. The Morgan fingerprint density at radius 1 is 1.03 bits per heavy atom. The Morgan fingerprint density at radius 3 is 2.50 bits per heavy atom. The summed E-state index contributed by atoms with van der Waals surface area (Å²) in [4.78, 5) is 17.5. The number of ketones is 1. The molecule has 0 amide bonds. The molecule has 2 aromatic carbocycles. The average molecular weight is 404 g/mol. The number of ether oxygens (including phenoxy) is 1. The van der Waals surface area contributed by atoms with Crippen molar-refractivity contribution in [2.45, 2.75) is 13.6 Å². The van der Waals surface area contributed by atoms with Gasteiger partial charge in [0.25, 0.3) is 0 Å². The fourth-order valence-corrected chi connectivity index (χ4v) is 3.87. The van der Waals surface area contributed by atoms with E-state index in [1.807, 2.05) is 43.3 Å². The fourth-order valence-electron chi connectivity index (χ4n) is 3.87. The number of para-hydroxylation sites is 1. The molecule has 0 unspecified atom stereocenters.